The van der Waals surface area contributed by atoms with Gasteiger partial charge < -0.3 is 4.90 Å². The molecule has 1 aromatic heterocycles. The summed E-state index contributed by atoms with van der Waals surface area (Å²) in [4.78, 5) is 8.21. The van der Waals surface area contributed by atoms with Crippen LogP contribution < -0.4 is 11.3 Å². The highest BCUT2D eigenvalue weighted by molar-refractivity contribution is 7.09. The van der Waals surface area contributed by atoms with Gasteiger partial charge in [0.05, 0.1) is 6.04 Å². The predicted octanol–water partition coefficient (Wildman–Crippen LogP) is 1.98. The number of nitrogens with two attached hydrogens (primary N) is 1. The van der Waals surface area contributed by atoms with Crippen molar-refractivity contribution in [3.05, 3.63) is 22.4 Å². The molecular formula is C13H22N4S. The fraction of sp³-hybridized carbons (Fsp3) is 0.615. The first-order valence-electron chi connectivity index (χ1n) is 6.57. The summed E-state index contributed by atoms with van der Waals surface area (Å²) >= 11 is 1.80. The third-order valence-electron chi connectivity index (χ3n) is 3.39. The number of thiophene rings is 1. The lowest BCUT2D eigenvalue weighted by Crippen LogP contribution is -2.44. The van der Waals surface area contributed by atoms with Gasteiger partial charge >= 0.3 is 0 Å². The van der Waals surface area contributed by atoms with Crippen molar-refractivity contribution < 1.29 is 0 Å². The van der Waals surface area contributed by atoms with E-state index in [1.54, 1.807) is 11.3 Å². The van der Waals surface area contributed by atoms with E-state index in [1.807, 2.05) is 7.05 Å². The van der Waals surface area contributed by atoms with Crippen LogP contribution in [0.15, 0.2) is 22.5 Å². The van der Waals surface area contributed by atoms with Gasteiger partial charge in [-0.25, -0.2) is 10.8 Å². The third kappa shape index (κ3) is 3.71. The standard InChI is InChI=1S/C13H22N4S/c1-17(9-8-12-7-4-10-18-12)13(16-14)15-11-5-2-3-6-11/h4,7,10-11H,2-3,5-6,8-9,14H2,1H3,(H,15,16). The Balaban J connectivity index is 1.86. The number of aliphatic imine (C=N–C) groups is 1. The van der Waals surface area contributed by atoms with Gasteiger partial charge in [-0.1, -0.05) is 18.9 Å². The van der Waals surface area contributed by atoms with Crippen molar-refractivity contribution in [1.82, 2.24) is 10.3 Å². The highest BCUT2D eigenvalue weighted by Crippen LogP contribution is 2.21. The van der Waals surface area contributed by atoms with Gasteiger partial charge in [0.25, 0.3) is 0 Å². The van der Waals surface area contributed by atoms with Crippen molar-refractivity contribution in [3.8, 4) is 0 Å². The number of nitrogens with one attached hydrogen (secondary N) is 1. The van der Waals surface area contributed by atoms with Crippen molar-refractivity contribution in [2.45, 2.75) is 38.1 Å². The average Bonchev–Trinajstić information content (AvgIpc) is 3.06. The zero-order valence-corrected chi connectivity index (χ0v) is 11.7. The maximum atomic E-state index is 5.58. The molecule has 3 N–H and O–H groups in total. The Bertz CT molecular complexity index is 368. The molecule has 2 rings (SSSR count). The van der Waals surface area contributed by atoms with E-state index in [-0.39, 0.29) is 0 Å². The van der Waals surface area contributed by atoms with Crippen LogP contribution in [-0.2, 0) is 6.42 Å². The molecule has 4 nitrogen and oxygen atoms in total. The lowest BCUT2D eigenvalue weighted by atomic mass is 10.3. The Labute approximate surface area is 113 Å². The zero-order chi connectivity index (χ0) is 12.8. The van der Waals surface area contributed by atoms with E-state index < -0.39 is 0 Å². The number of guanidine groups is 1. The van der Waals surface area contributed by atoms with E-state index in [9.17, 15) is 0 Å². The fourth-order valence-electron chi connectivity index (χ4n) is 2.29. The third-order valence-corrected chi connectivity index (χ3v) is 4.33. The molecule has 0 saturated heterocycles. The number of hydrazine groups is 1. The van der Waals surface area contributed by atoms with E-state index in [0.29, 0.717) is 6.04 Å². The summed E-state index contributed by atoms with van der Waals surface area (Å²) in [6.45, 7) is 0.941. The summed E-state index contributed by atoms with van der Waals surface area (Å²) in [6.07, 6.45) is 6.03. The zero-order valence-electron chi connectivity index (χ0n) is 10.9. The van der Waals surface area contributed by atoms with Crippen molar-refractivity contribution in [3.63, 3.8) is 0 Å². The molecule has 0 aliphatic heterocycles. The smallest absolute Gasteiger partial charge is 0.208 e. The quantitative estimate of drug-likeness (QED) is 0.379. The van der Waals surface area contributed by atoms with E-state index in [4.69, 9.17) is 10.8 Å². The van der Waals surface area contributed by atoms with E-state index in [0.717, 1.165) is 18.9 Å². The van der Waals surface area contributed by atoms with Crippen LogP contribution in [0, 0.1) is 0 Å². The first kappa shape index (κ1) is 13.4. The minimum Gasteiger partial charge on any atom is -0.345 e. The minimum atomic E-state index is 0.459. The number of likely N-dealkylation sites (N-methyl/N-ethyl adjacent to an activating group) is 1. The maximum Gasteiger partial charge on any atom is 0.208 e. The van der Waals surface area contributed by atoms with Crippen LogP contribution in [0.1, 0.15) is 30.6 Å². The maximum absolute atomic E-state index is 5.58. The van der Waals surface area contributed by atoms with Gasteiger partial charge in [-0.2, -0.15) is 0 Å². The first-order valence-corrected chi connectivity index (χ1v) is 7.45. The molecule has 0 aromatic carbocycles. The molecule has 1 aromatic rings. The molecule has 0 spiro atoms. The van der Waals surface area contributed by atoms with Crippen LogP contribution in [0.2, 0.25) is 0 Å². The van der Waals surface area contributed by atoms with Crippen LogP contribution in [0.3, 0.4) is 0 Å². The Morgan fingerprint density at radius 2 is 2.33 bits per heavy atom. The molecule has 0 atom stereocenters. The van der Waals surface area contributed by atoms with Crippen LogP contribution in [0.5, 0.6) is 0 Å². The predicted molar refractivity (Wildman–Crippen MR) is 77.7 cm³/mol. The Hall–Kier alpha value is -1.07. The second-order valence-corrected chi connectivity index (χ2v) is 5.82. The molecule has 0 radical (unpaired) electrons. The van der Waals surface area contributed by atoms with Crippen molar-refractivity contribution >= 4 is 17.3 Å². The van der Waals surface area contributed by atoms with Crippen LogP contribution in [0.4, 0.5) is 0 Å². The average molecular weight is 266 g/mol. The highest BCUT2D eigenvalue weighted by Gasteiger charge is 2.15. The van der Waals surface area contributed by atoms with E-state index >= 15 is 0 Å². The Morgan fingerprint density at radius 1 is 1.56 bits per heavy atom. The van der Waals surface area contributed by atoms with Crippen molar-refractivity contribution in [2.24, 2.45) is 10.8 Å². The molecule has 1 aliphatic carbocycles. The second-order valence-electron chi connectivity index (χ2n) is 4.79. The monoisotopic (exact) mass is 266 g/mol. The molecule has 1 heterocycles. The van der Waals surface area contributed by atoms with Gasteiger partial charge in [-0.3, -0.25) is 5.43 Å². The van der Waals surface area contributed by atoms with Crippen molar-refractivity contribution in [2.75, 3.05) is 13.6 Å². The van der Waals surface area contributed by atoms with Gasteiger partial charge in [-0.05, 0) is 30.7 Å². The van der Waals surface area contributed by atoms with Gasteiger partial charge in [0.1, 0.15) is 0 Å². The topological polar surface area (TPSA) is 53.6 Å². The normalized spacial score (nSPS) is 17.1. The fourth-order valence-corrected chi connectivity index (χ4v) is 2.99. The molecule has 0 bridgehead atoms. The number of hydrogen-bond donors (Lipinski definition) is 2. The first-order chi connectivity index (χ1) is 8.79. The van der Waals surface area contributed by atoms with E-state index in [2.05, 4.69) is 27.8 Å². The van der Waals surface area contributed by atoms with Crippen LogP contribution in [-0.4, -0.2) is 30.5 Å². The molecule has 1 fully saturated rings. The van der Waals surface area contributed by atoms with Crippen LogP contribution >= 0.6 is 11.3 Å². The molecule has 0 amide bonds. The van der Waals surface area contributed by atoms with Gasteiger partial charge in [0.2, 0.25) is 5.96 Å². The minimum absolute atomic E-state index is 0.459. The van der Waals surface area contributed by atoms with Gasteiger partial charge in [0, 0.05) is 18.5 Å². The number of hydrogen-bond acceptors (Lipinski definition) is 3. The largest absolute Gasteiger partial charge is 0.345 e. The number of nitrogens with zero attached hydrogens (tertiary/aromatic N) is 2. The SMILES string of the molecule is CN(CCc1cccs1)C(=NC1CCCC1)NN. The van der Waals surface area contributed by atoms with Gasteiger partial charge in [-0.15, -0.1) is 11.3 Å². The molecule has 100 valence electrons. The molecule has 0 unspecified atom stereocenters. The summed E-state index contributed by atoms with van der Waals surface area (Å²) in [7, 11) is 2.04. The summed E-state index contributed by atoms with van der Waals surface area (Å²) in [5.41, 5.74) is 2.74. The molecule has 18 heavy (non-hydrogen) atoms. The second kappa shape index (κ2) is 6.75. The lowest BCUT2D eigenvalue weighted by Gasteiger charge is -2.21. The van der Waals surface area contributed by atoms with Crippen LogP contribution in [0.25, 0.3) is 0 Å². The summed E-state index contributed by atoms with van der Waals surface area (Å²) in [5.74, 6) is 6.40. The molecule has 5 heteroatoms. The lowest BCUT2D eigenvalue weighted by molar-refractivity contribution is 0.481. The molecule has 1 saturated carbocycles. The summed E-state index contributed by atoms with van der Waals surface area (Å²) in [5, 5.41) is 2.12. The Morgan fingerprint density at radius 3 is 2.94 bits per heavy atom. The number of rotatable bonds is 4. The Kier molecular flexibility index (Phi) is 5.01. The van der Waals surface area contributed by atoms with E-state index in [1.165, 1.54) is 30.6 Å². The molecule has 1 aliphatic rings. The highest BCUT2D eigenvalue weighted by atomic mass is 32.1. The van der Waals surface area contributed by atoms with Crippen molar-refractivity contribution in [1.29, 1.82) is 0 Å². The summed E-state index contributed by atoms with van der Waals surface area (Å²) in [6, 6.07) is 4.72. The molecular weight excluding hydrogens is 244 g/mol. The summed E-state index contributed by atoms with van der Waals surface area (Å²) < 4.78 is 0. The van der Waals surface area contributed by atoms with Gasteiger partial charge in [0.15, 0.2) is 0 Å².